The predicted molar refractivity (Wildman–Crippen MR) is 70.0 cm³/mol. The maximum Gasteiger partial charge on any atom is 0.0951 e. The SMILES string of the molecule is CCNC(c1ccoc1)C(OCC)C(C)(C)C. The number of hydrogen-bond acceptors (Lipinski definition) is 3. The summed E-state index contributed by atoms with van der Waals surface area (Å²) < 4.78 is 11.1. The maximum atomic E-state index is 5.94. The molecule has 0 spiro atoms. The molecule has 0 aliphatic carbocycles. The van der Waals surface area contributed by atoms with Crippen LogP contribution in [0.1, 0.15) is 46.2 Å². The molecule has 1 aromatic heterocycles. The Morgan fingerprint density at radius 1 is 1.35 bits per heavy atom. The van der Waals surface area contributed by atoms with Crippen molar-refractivity contribution in [3.8, 4) is 0 Å². The molecule has 0 bridgehead atoms. The van der Waals surface area contributed by atoms with Crippen LogP contribution in [0.25, 0.3) is 0 Å². The Hall–Kier alpha value is -0.800. The Bertz CT molecular complexity index is 301. The summed E-state index contributed by atoms with van der Waals surface area (Å²) in [5.41, 5.74) is 1.24. The molecule has 0 aliphatic rings. The Labute approximate surface area is 105 Å². The van der Waals surface area contributed by atoms with Crippen LogP contribution in [0.3, 0.4) is 0 Å². The van der Waals surface area contributed by atoms with E-state index in [0.717, 1.165) is 18.7 Å². The molecule has 1 aromatic rings. The van der Waals surface area contributed by atoms with E-state index in [9.17, 15) is 0 Å². The minimum absolute atomic E-state index is 0.0834. The minimum atomic E-state index is 0.0834. The number of rotatable bonds is 6. The van der Waals surface area contributed by atoms with Gasteiger partial charge in [0.15, 0.2) is 0 Å². The number of ether oxygens (including phenoxy) is 1. The van der Waals surface area contributed by atoms with E-state index in [1.54, 1.807) is 12.5 Å². The lowest BCUT2D eigenvalue weighted by Gasteiger charge is -2.36. The second-order valence-corrected chi connectivity index (χ2v) is 5.33. The highest BCUT2D eigenvalue weighted by Gasteiger charge is 2.33. The summed E-state index contributed by atoms with van der Waals surface area (Å²) in [6.45, 7) is 12.4. The van der Waals surface area contributed by atoms with Crippen molar-refractivity contribution in [2.75, 3.05) is 13.2 Å². The van der Waals surface area contributed by atoms with Gasteiger partial charge in [0.05, 0.1) is 24.7 Å². The van der Waals surface area contributed by atoms with Crippen LogP contribution in [-0.2, 0) is 4.74 Å². The molecule has 2 atom stereocenters. The zero-order valence-corrected chi connectivity index (χ0v) is 11.6. The van der Waals surface area contributed by atoms with Crippen molar-refractivity contribution in [2.45, 2.75) is 46.8 Å². The van der Waals surface area contributed by atoms with Crippen molar-refractivity contribution in [1.82, 2.24) is 5.32 Å². The molecule has 0 amide bonds. The van der Waals surface area contributed by atoms with Crippen LogP contribution in [-0.4, -0.2) is 19.3 Å². The molecule has 1 N–H and O–H groups in total. The molecule has 0 fully saturated rings. The van der Waals surface area contributed by atoms with E-state index >= 15 is 0 Å². The fourth-order valence-corrected chi connectivity index (χ4v) is 2.10. The van der Waals surface area contributed by atoms with Crippen LogP contribution < -0.4 is 5.32 Å². The molecular weight excluding hydrogens is 214 g/mol. The molecule has 1 heterocycles. The van der Waals surface area contributed by atoms with Gasteiger partial charge in [0, 0.05) is 12.2 Å². The molecule has 0 aliphatic heterocycles. The van der Waals surface area contributed by atoms with Gasteiger partial charge in [-0.15, -0.1) is 0 Å². The second-order valence-electron chi connectivity index (χ2n) is 5.33. The third kappa shape index (κ3) is 3.86. The summed E-state index contributed by atoms with van der Waals surface area (Å²) in [5, 5.41) is 3.49. The van der Waals surface area contributed by atoms with Crippen molar-refractivity contribution in [1.29, 1.82) is 0 Å². The Kier molecular flexibility index (Phi) is 5.22. The average Bonchev–Trinajstić information content (AvgIpc) is 2.75. The normalized spacial score (nSPS) is 15.8. The van der Waals surface area contributed by atoms with Crippen LogP contribution in [0.4, 0.5) is 0 Å². The zero-order valence-electron chi connectivity index (χ0n) is 11.6. The van der Waals surface area contributed by atoms with Gasteiger partial charge in [0.25, 0.3) is 0 Å². The van der Waals surface area contributed by atoms with Crippen LogP contribution in [0, 0.1) is 5.41 Å². The molecule has 2 unspecified atom stereocenters. The topological polar surface area (TPSA) is 34.4 Å². The number of furan rings is 1. The molecule has 98 valence electrons. The van der Waals surface area contributed by atoms with Crippen molar-refractivity contribution < 1.29 is 9.15 Å². The molecule has 0 aromatic carbocycles. The van der Waals surface area contributed by atoms with Gasteiger partial charge in [-0.1, -0.05) is 27.7 Å². The third-order valence-electron chi connectivity index (χ3n) is 2.83. The van der Waals surface area contributed by atoms with Gasteiger partial charge in [-0.2, -0.15) is 0 Å². The Morgan fingerprint density at radius 3 is 2.47 bits per heavy atom. The molecule has 17 heavy (non-hydrogen) atoms. The quantitative estimate of drug-likeness (QED) is 0.826. The first-order valence-electron chi connectivity index (χ1n) is 6.37. The van der Waals surface area contributed by atoms with Gasteiger partial charge < -0.3 is 14.5 Å². The molecular formula is C14H25NO2. The first-order chi connectivity index (χ1) is 8.00. The lowest BCUT2D eigenvalue weighted by atomic mass is 9.82. The monoisotopic (exact) mass is 239 g/mol. The summed E-state index contributed by atoms with van der Waals surface area (Å²) >= 11 is 0. The first kappa shape index (κ1) is 14.3. The standard InChI is InChI=1S/C14H25NO2/c1-6-15-12(11-8-9-16-10-11)13(17-7-2)14(3,4)5/h8-10,12-13,15H,6-7H2,1-5H3. The van der Waals surface area contributed by atoms with Gasteiger partial charge in [0.1, 0.15) is 0 Å². The largest absolute Gasteiger partial charge is 0.472 e. The first-order valence-corrected chi connectivity index (χ1v) is 6.37. The van der Waals surface area contributed by atoms with Crippen molar-refractivity contribution in [3.63, 3.8) is 0 Å². The zero-order chi connectivity index (χ0) is 12.9. The molecule has 0 saturated heterocycles. The van der Waals surface area contributed by atoms with Crippen LogP contribution in [0.2, 0.25) is 0 Å². The van der Waals surface area contributed by atoms with Crippen molar-refractivity contribution in [3.05, 3.63) is 24.2 Å². The molecule has 0 saturated carbocycles. The highest BCUT2D eigenvalue weighted by atomic mass is 16.5. The molecule has 3 nitrogen and oxygen atoms in total. The van der Waals surface area contributed by atoms with E-state index < -0.39 is 0 Å². The number of nitrogens with one attached hydrogen (secondary N) is 1. The predicted octanol–water partition coefficient (Wildman–Crippen LogP) is 3.38. The van der Waals surface area contributed by atoms with Gasteiger partial charge in [-0.25, -0.2) is 0 Å². The fourth-order valence-electron chi connectivity index (χ4n) is 2.10. The summed E-state index contributed by atoms with van der Waals surface area (Å²) in [6, 6.07) is 2.18. The highest BCUT2D eigenvalue weighted by molar-refractivity contribution is 5.14. The smallest absolute Gasteiger partial charge is 0.0951 e. The van der Waals surface area contributed by atoms with E-state index in [1.807, 2.05) is 13.0 Å². The molecule has 1 rings (SSSR count). The molecule has 3 heteroatoms. The molecule has 0 radical (unpaired) electrons. The number of hydrogen-bond donors (Lipinski definition) is 1. The van der Waals surface area contributed by atoms with Crippen molar-refractivity contribution in [2.24, 2.45) is 5.41 Å². The second kappa shape index (κ2) is 6.22. The van der Waals surface area contributed by atoms with Crippen molar-refractivity contribution >= 4 is 0 Å². The summed E-state index contributed by atoms with van der Waals surface area (Å²) in [5.74, 6) is 0. The van der Waals surface area contributed by atoms with E-state index in [1.165, 1.54) is 0 Å². The van der Waals surface area contributed by atoms with Crippen LogP contribution >= 0.6 is 0 Å². The lowest BCUT2D eigenvalue weighted by molar-refractivity contribution is -0.0364. The van der Waals surface area contributed by atoms with Gasteiger partial charge in [-0.3, -0.25) is 0 Å². The van der Waals surface area contributed by atoms with Gasteiger partial charge in [0.2, 0.25) is 0 Å². The van der Waals surface area contributed by atoms with Crippen LogP contribution in [0.15, 0.2) is 23.0 Å². The summed E-state index contributed by atoms with van der Waals surface area (Å²) in [7, 11) is 0. The van der Waals surface area contributed by atoms with E-state index in [2.05, 4.69) is 33.0 Å². The van der Waals surface area contributed by atoms with E-state index in [4.69, 9.17) is 9.15 Å². The van der Waals surface area contributed by atoms with E-state index in [0.29, 0.717) is 0 Å². The maximum absolute atomic E-state index is 5.94. The van der Waals surface area contributed by atoms with Crippen LogP contribution in [0.5, 0.6) is 0 Å². The number of likely N-dealkylation sites (N-methyl/N-ethyl adjacent to an activating group) is 1. The summed E-state index contributed by atoms with van der Waals surface area (Å²) in [4.78, 5) is 0. The third-order valence-corrected chi connectivity index (χ3v) is 2.83. The Balaban J connectivity index is 2.93. The fraction of sp³-hybridized carbons (Fsp3) is 0.714. The average molecular weight is 239 g/mol. The van der Waals surface area contributed by atoms with E-state index in [-0.39, 0.29) is 17.6 Å². The van der Waals surface area contributed by atoms with Gasteiger partial charge >= 0.3 is 0 Å². The highest BCUT2D eigenvalue weighted by Crippen LogP contribution is 2.33. The summed E-state index contributed by atoms with van der Waals surface area (Å²) in [6.07, 6.45) is 3.64. The van der Waals surface area contributed by atoms with Gasteiger partial charge in [-0.05, 0) is 24.9 Å². The Morgan fingerprint density at radius 2 is 2.06 bits per heavy atom. The minimum Gasteiger partial charge on any atom is -0.472 e. The lowest BCUT2D eigenvalue weighted by Crippen LogP contribution is -2.42.